The Morgan fingerprint density at radius 1 is 1.35 bits per heavy atom. The molecule has 0 heterocycles. The summed E-state index contributed by atoms with van der Waals surface area (Å²) >= 11 is 0. The molecule has 2 N–H and O–H groups in total. The van der Waals surface area contributed by atoms with Gasteiger partial charge in [-0.2, -0.15) is 0 Å². The molecule has 1 atom stereocenters. The van der Waals surface area contributed by atoms with E-state index in [0.717, 1.165) is 0 Å². The minimum absolute atomic E-state index is 0.382. The topological polar surface area (TPSA) is 78.9 Å². The normalized spacial score (nSPS) is 13.3. The summed E-state index contributed by atoms with van der Waals surface area (Å²) in [6.45, 7) is 2.23. The summed E-state index contributed by atoms with van der Waals surface area (Å²) in [7, 11) is 3.12. The Balaban J connectivity index is 2.88. The fourth-order valence-corrected chi connectivity index (χ4v) is 1.66. The highest BCUT2D eigenvalue weighted by atomic mass is 16.5. The smallest absolute Gasteiger partial charge is 0.333 e. The van der Waals surface area contributed by atoms with Crippen molar-refractivity contribution in [3.8, 4) is 0 Å². The number of rotatable bonds is 6. The number of methoxy groups -OCH3 is 1. The van der Waals surface area contributed by atoms with Crippen molar-refractivity contribution in [3.05, 3.63) is 35.9 Å². The van der Waals surface area contributed by atoms with Gasteiger partial charge in [-0.15, -0.1) is 0 Å². The van der Waals surface area contributed by atoms with Gasteiger partial charge in [-0.25, -0.2) is 9.59 Å². The van der Waals surface area contributed by atoms with Gasteiger partial charge in [-0.05, 0) is 12.5 Å². The van der Waals surface area contributed by atoms with Crippen LogP contribution in [0.5, 0.6) is 0 Å². The summed E-state index contributed by atoms with van der Waals surface area (Å²) < 4.78 is 4.89. The average molecular weight is 280 g/mol. The zero-order chi connectivity index (χ0) is 15.2. The predicted molar refractivity (Wildman–Crippen MR) is 74.5 cm³/mol. The number of benzene rings is 1. The molecule has 0 aromatic heterocycles. The van der Waals surface area contributed by atoms with Gasteiger partial charge in [-0.1, -0.05) is 30.3 Å². The van der Waals surface area contributed by atoms with Gasteiger partial charge in [0.2, 0.25) is 0 Å². The second kappa shape index (κ2) is 6.91. The summed E-state index contributed by atoms with van der Waals surface area (Å²) in [6, 6.07) is 8.14. The van der Waals surface area contributed by atoms with Gasteiger partial charge in [0.25, 0.3) is 0 Å². The number of carbonyl (C=O) groups excluding carboxylic acids is 1. The first-order chi connectivity index (χ1) is 9.41. The molecule has 6 heteroatoms. The zero-order valence-electron chi connectivity index (χ0n) is 11.9. The Morgan fingerprint density at radius 3 is 2.45 bits per heavy atom. The number of urea groups is 1. The predicted octanol–water partition coefficient (Wildman–Crippen LogP) is 1.27. The molecule has 110 valence electrons. The fraction of sp³-hybridized carbons (Fsp3) is 0.429. The highest BCUT2D eigenvalue weighted by Crippen LogP contribution is 2.21. The van der Waals surface area contributed by atoms with Gasteiger partial charge in [0.05, 0.1) is 6.61 Å². The van der Waals surface area contributed by atoms with Crippen LogP contribution in [0.15, 0.2) is 30.3 Å². The monoisotopic (exact) mass is 280 g/mol. The molecule has 0 bridgehead atoms. The van der Waals surface area contributed by atoms with Crippen LogP contribution in [0.3, 0.4) is 0 Å². The molecule has 0 radical (unpaired) electrons. The molecule has 1 aromatic carbocycles. The van der Waals surface area contributed by atoms with E-state index in [2.05, 4.69) is 5.32 Å². The lowest BCUT2D eigenvalue weighted by molar-refractivity contribution is -0.144. The maximum absolute atomic E-state index is 12.0. The number of hydrogen-bond donors (Lipinski definition) is 2. The second-order valence-electron chi connectivity index (χ2n) is 4.64. The third-order valence-electron chi connectivity index (χ3n) is 3.11. The molecule has 0 aliphatic heterocycles. The van der Waals surface area contributed by atoms with Crippen molar-refractivity contribution in [2.24, 2.45) is 0 Å². The third-order valence-corrected chi connectivity index (χ3v) is 3.11. The molecule has 1 unspecified atom stereocenters. The Kier molecular flexibility index (Phi) is 5.52. The molecule has 0 fully saturated rings. The summed E-state index contributed by atoms with van der Waals surface area (Å²) in [5.41, 5.74) is -0.958. The van der Waals surface area contributed by atoms with E-state index in [4.69, 9.17) is 4.74 Å². The van der Waals surface area contributed by atoms with E-state index in [9.17, 15) is 14.7 Å². The number of carboxylic acid groups (broad SMARTS) is 1. The number of hydrogen-bond acceptors (Lipinski definition) is 3. The molecule has 0 saturated heterocycles. The van der Waals surface area contributed by atoms with E-state index in [1.165, 1.54) is 18.9 Å². The Morgan fingerprint density at radius 2 is 1.95 bits per heavy atom. The van der Waals surface area contributed by atoms with Crippen LogP contribution in [0.4, 0.5) is 4.79 Å². The van der Waals surface area contributed by atoms with Crippen molar-refractivity contribution in [1.82, 2.24) is 10.2 Å². The SMILES string of the molecule is COCCN(C)C(=O)NC(C)(C(=O)O)c1ccccc1. The lowest BCUT2D eigenvalue weighted by Crippen LogP contribution is -2.53. The van der Waals surface area contributed by atoms with Crippen molar-refractivity contribution < 1.29 is 19.4 Å². The Bertz CT molecular complexity index is 464. The van der Waals surface area contributed by atoms with E-state index in [1.54, 1.807) is 37.4 Å². The third kappa shape index (κ3) is 3.71. The largest absolute Gasteiger partial charge is 0.479 e. The molecule has 0 aliphatic rings. The van der Waals surface area contributed by atoms with Crippen molar-refractivity contribution in [3.63, 3.8) is 0 Å². The van der Waals surface area contributed by atoms with Gasteiger partial charge in [0.15, 0.2) is 5.54 Å². The maximum Gasteiger partial charge on any atom is 0.333 e. The van der Waals surface area contributed by atoms with Gasteiger partial charge < -0.3 is 20.1 Å². The van der Waals surface area contributed by atoms with E-state index >= 15 is 0 Å². The number of aliphatic carboxylic acids is 1. The van der Waals surface area contributed by atoms with Crippen LogP contribution in [0.1, 0.15) is 12.5 Å². The van der Waals surface area contributed by atoms with Gasteiger partial charge in [-0.3, -0.25) is 0 Å². The summed E-state index contributed by atoms with van der Waals surface area (Å²) in [5.74, 6) is -1.11. The van der Waals surface area contributed by atoms with E-state index in [-0.39, 0.29) is 0 Å². The number of carbonyl (C=O) groups is 2. The number of nitrogens with one attached hydrogen (secondary N) is 1. The van der Waals surface area contributed by atoms with Gasteiger partial charge >= 0.3 is 12.0 Å². The average Bonchev–Trinajstić information content (AvgIpc) is 2.45. The number of amides is 2. The van der Waals surface area contributed by atoms with Crippen molar-refractivity contribution >= 4 is 12.0 Å². The van der Waals surface area contributed by atoms with Crippen LogP contribution in [0.25, 0.3) is 0 Å². The number of likely N-dealkylation sites (N-methyl/N-ethyl adjacent to an activating group) is 1. The Hall–Kier alpha value is -2.08. The van der Waals surface area contributed by atoms with Gasteiger partial charge in [0, 0.05) is 20.7 Å². The molecule has 0 aliphatic carbocycles. The summed E-state index contributed by atoms with van der Waals surface area (Å²) in [5, 5.41) is 12.0. The number of nitrogens with zero attached hydrogens (tertiary/aromatic N) is 1. The lowest BCUT2D eigenvalue weighted by atomic mass is 9.92. The molecule has 1 rings (SSSR count). The van der Waals surface area contributed by atoms with Crippen molar-refractivity contribution in [2.45, 2.75) is 12.5 Å². The first-order valence-electron chi connectivity index (χ1n) is 6.23. The quantitative estimate of drug-likeness (QED) is 0.822. The molecule has 6 nitrogen and oxygen atoms in total. The second-order valence-corrected chi connectivity index (χ2v) is 4.64. The summed E-state index contributed by atoms with van der Waals surface area (Å²) in [4.78, 5) is 25.0. The van der Waals surface area contributed by atoms with Crippen LogP contribution < -0.4 is 5.32 Å². The lowest BCUT2D eigenvalue weighted by Gasteiger charge is -2.29. The maximum atomic E-state index is 12.0. The molecule has 0 saturated carbocycles. The standard InChI is InChI=1S/C14H20N2O4/c1-14(12(17)18,11-7-5-4-6-8-11)15-13(19)16(2)9-10-20-3/h4-8H,9-10H2,1-3H3,(H,15,19)(H,17,18). The highest BCUT2D eigenvalue weighted by Gasteiger charge is 2.37. The van der Waals surface area contributed by atoms with Gasteiger partial charge in [0.1, 0.15) is 0 Å². The van der Waals surface area contributed by atoms with Crippen LogP contribution in [0.2, 0.25) is 0 Å². The molecular weight excluding hydrogens is 260 g/mol. The van der Waals surface area contributed by atoms with E-state index in [0.29, 0.717) is 18.7 Å². The zero-order valence-corrected chi connectivity index (χ0v) is 11.9. The van der Waals surface area contributed by atoms with Crippen LogP contribution in [0, 0.1) is 0 Å². The highest BCUT2D eigenvalue weighted by molar-refractivity contribution is 5.87. The molecule has 20 heavy (non-hydrogen) atoms. The molecular formula is C14H20N2O4. The number of carboxylic acids is 1. The van der Waals surface area contributed by atoms with Crippen LogP contribution >= 0.6 is 0 Å². The number of ether oxygens (including phenoxy) is 1. The first-order valence-corrected chi connectivity index (χ1v) is 6.23. The van der Waals surface area contributed by atoms with E-state index < -0.39 is 17.5 Å². The first kappa shape index (κ1) is 16.0. The van der Waals surface area contributed by atoms with Crippen LogP contribution in [-0.2, 0) is 15.1 Å². The van der Waals surface area contributed by atoms with E-state index in [1.807, 2.05) is 0 Å². The van der Waals surface area contributed by atoms with Crippen molar-refractivity contribution in [2.75, 3.05) is 27.3 Å². The Labute approximate surface area is 118 Å². The minimum atomic E-state index is -1.47. The molecule has 0 spiro atoms. The molecule has 2 amide bonds. The van der Waals surface area contributed by atoms with Crippen molar-refractivity contribution in [1.29, 1.82) is 0 Å². The van der Waals surface area contributed by atoms with Crippen LogP contribution in [-0.4, -0.2) is 49.3 Å². The fourth-order valence-electron chi connectivity index (χ4n) is 1.66. The molecule has 1 aromatic rings. The minimum Gasteiger partial charge on any atom is -0.479 e. The summed E-state index contributed by atoms with van der Waals surface area (Å²) in [6.07, 6.45) is 0.